The fraction of sp³-hybridized carbons (Fsp3) is 0.389. The summed E-state index contributed by atoms with van der Waals surface area (Å²) < 4.78 is 5.14. The molecule has 2 rings (SSSR count). The maximum atomic E-state index is 11.4. The molecule has 6 nitrogen and oxygen atoms in total. The van der Waals surface area contributed by atoms with Crippen LogP contribution in [0.25, 0.3) is 0 Å². The molecule has 0 aliphatic carbocycles. The zero-order chi connectivity index (χ0) is 18.4. The number of nitrogens with zero attached hydrogens (tertiary/aromatic N) is 2. The maximum Gasteiger partial charge on any atom is 0.326 e. The summed E-state index contributed by atoms with van der Waals surface area (Å²) in [6, 6.07) is 8.56. The highest BCUT2D eigenvalue weighted by atomic mass is 35.5. The first-order chi connectivity index (χ1) is 11.9. The fourth-order valence-corrected chi connectivity index (χ4v) is 2.63. The van der Waals surface area contributed by atoms with Gasteiger partial charge >= 0.3 is 5.97 Å². The zero-order valence-corrected chi connectivity index (χ0v) is 15.2. The van der Waals surface area contributed by atoms with Crippen molar-refractivity contribution < 1.29 is 14.6 Å². The Morgan fingerprint density at radius 1 is 1.28 bits per heavy atom. The van der Waals surface area contributed by atoms with Crippen LogP contribution in [-0.2, 0) is 11.2 Å². The molecule has 2 N–H and O–H groups in total. The number of rotatable bonds is 8. The first kappa shape index (κ1) is 19.0. The van der Waals surface area contributed by atoms with E-state index in [4.69, 9.17) is 16.3 Å². The van der Waals surface area contributed by atoms with Crippen LogP contribution in [0.5, 0.6) is 5.75 Å². The van der Waals surface area contributed by atoms with Gasteiger partial charge in [0, 0.05) is 6.42 Å². The van der Waals surface area contributed by atoms with E-state index in [0.29, 0.717) is 18.5 Å². The third-order valence-electron chi connectivity index (χ3n) is 3.60. The Kier molecular flexibility index (Phi) is 6.58. The number of carboxylic acids is 1. The van der Waals surface area contributed by atoms with Crippen molar-refractivity contribution in [1.82, 2.24) is 9.97 Å². The van der Waals surface area contributed by atoms with Gasteiger partial charge in [-0.1, -0.05) is 37.6 Å². The number of benzene rings is 1. The van der Waals surface area contributed by atoms with Crippen LogP contribution in [0.1, 0.15) is 31.5 Å². The van der Waals surface area contributed by atoms with E-state index in [0.717, 1.165) is 11.3 Å². The standard InChI is InChI=1S/C18H22ClN3O3/c1-11(2)8-15(17(23)24)21-18-20-13(10-16(19)22-18)9-12-4-6-14(25-3)7-5-12/h4-7,10-11,15H,8-9H2,1-3H3,(H,23,24)(H,20,21,22)/t15-/m1/s1. The molecule has 25 heavy (non-hydrogen) atoms. The van der Waals surface area contributed by atoms with Gasteiger partial charge < -0.3 is 15.2 Å². The molecule has 1 heterocycles. The number of nitrogens with one attached hydrogen (secondary N) is 1. The summed E-state index contributed by atoms with van der Waals surface area (Å²) in [4.78, 5) is 19.9. The van der Waals surface area contributed by atoms with Crippen molar-refractivity contribution in [2.45, 2.75) is 32.7 Å². The van der Waals surface area contributed by atoms with E-state index in [2.05, 4.69) is 15.3 Å². The Morgan fingerprint density at radius 2 is 1.96 bits per heavy atom. The van der Waals surface area contributed by atoms with Crippen LogP contribution in [0.3, 0.4) is 0 Å². The van der Waals surface area contributed by atoms with Crippen LogP contribution in [-0.4, -0.2) is 34.2 Å². The second-order valence-electron chi connectivity index (χ2n) is 6.20. The second kappa shape index (κ2) is 8.67. The molecule has 2 aromatic rings. The number of aliphatic carboxylic acids is 1. The summed E-state index contributed by atoms with van der Waals surface area (Å²) in [6.45, 7) is 3.93. The van der Waals surface area contributed by atoms with E-state index in [-0.39, 0.29) is 17.0 Å². The summed E-state index contributed by atoms with van der Waals surface area (Å²) in [5.41, 5.74) is 1.75. The molecule has 0 aliphatic rings. The lowest BCUT2D eigenvalue weighted by atomic mass is 10.0. The molecule has 0 aliphatic heterocycles. The average molecular weight is 364 g/mol. The molecule has 134 valence electrons. The minimum atomic E-state index is -0.936. The molecule has 0 radical (unpaired) electrons. The number of hydrogen-bond donors (Lipinski definition) is 2. The molecule has 0 saturated carbocycles. The Labute approximate surface area is 152 Å². The van der Waals surface area contributed by atoms with Gasteiger partial charge in [-0.2, -0.15) is 0 Å². The highest BCUT2D eigenvalue weighted by molar-refractivity contribution is 6.29. The van der Waals surface area contributed by atoms with E-state index >= 15 is 0 Å². The topological polar surface area (TPSA) is 84.3 Å². The zero-order valence-electron chi connectivity index (χ0n) is 14.5. The number of halogens is 1. The third kappa shape index (κ3) is 5.90. The summed E-state index contributed by atoms with van der Waals surface area (Å²) in [7, 11) is 1.62. The van der Waals surface area contributed by atoms with Crippen LogP contribution in [0.2, 0.25) is 5.15 Å². The second-order valence-corrected chi connectivity index (χ2v) is 6.58. The Hall–Kier alpha value is -2.34. The van der Waals surface area contributed by atoms with Crippen molar-refractivity contribution in [3.63, 3.8) is 0 Å². The highest BCUT2D eigenvalue weighted by Gasteiger charge is 2.20. The number of methoxy groups -OCH3 is 1. The molecule has 1 aromatic heterocycles. The Balaban J connectivity index is 2.16. The number of carbonyl (C=O) groups is 1. The molecule has 0 unspecified atom stereocenters. The van der Waals surface area contributed by atoms with Gasteiger partial charge in [0.15, 0.2) is 0 Å². The van der Waals surface area contributed by atoms with E-state index in [9.17, 15) is 9.90 Å². The van der Waals surface area contributed by atoms with Gasteiger partial charge in [0.1, 0.15) is 16.9 Å². The molecule has 7 heteroatoms. The molecular weight excluding hydrogens is 342 g/mol. The van der Waals surface area contributed by atoms with Crippen molar-refractivity contribution in [3.05, 3.63) is 46.7 Å². The van der Waals surface area contributed by atoms with Crippen molar-refractivity contribution in [2.24, 2.45) is 5.92 Å². The molecule has 0 amide bonds. The van der Waals surface area contributed by atoms with Gasteiger partial charge in [-0.25, -0.2) is 14.8 Å². The molecule has 0 fully saturated rings. The van der Waals surface area contributed by atoms with Crippen LogP contribution in [0, 0.1) is 5.92 Å². The Morgan fingerprint density at radius 3 is 2.52 bits per heavy atom. The van der Waals surface area contributed by atoms with E-state index < -0.39 is 12.0 Å². The third-order valence-corrected chi connectivity index (χ3v) is 3.79. The van der Waals surface area contributed by atoms with E-state index in [1.54, 1.807) is 13.2 Å². The first-order valence-corrected chi connectivity index (χ1v) is 8.41. The van der Waals surface area contributed by atoms with Crippen LogP contribution in [0.15, 0.2) is 30.3 Å². The lowest BCUT2D eigenvalue weighted by molar-refractivity contribution is -0.138. The van der Waals surface area contributed by atoms with Gasteiger partial charge in [-0.15, -0.1) is 0 Å². The molecular formula is C18H22ClN3O3. The monoisotopic (exact) mass is 363 g/mol. The quantitative estimate of drug-likeness (QED) is 0.696. The van der Waals surface area contributed by atoms with Crippen molar-refractivity contribution in [1.29, 1.82) is 0 Å². The minimum Gasteiger partial charge on any atom is -0.497 e. The fourth-order valence-electron chi connectivity index (χ4n) is 2.42. The van der Waals surface area contributed by atoms with Crippen LogP contribution >= 0.6 is 11.6 Å². The normalized spacial score (nSPS) is 12.0. The van der Waals surface area contributed by atoms with Gasteiger partial charge in [0.2, 0.25) is 5.95 Å². The SMILES string of the molecule is COc1ccc(Cc2cc(Cl)nc(N[C@H](CC(C)C)C(=O)O)n2)cc1. The van der Waals surface area contributed by atoms with Crippen molar-refractivity contribution >= 4 is 23.5 Å². The van der Waals surface area contributed by atoms with Gasteiger partial charge in [0.05, 0.1) is 12.8 Å². The predicted octanol–water partition coefficient (Wildman–Crippen LogP) is 3.64. The van der Waals surface area contributed by atoms with Crippen molar-refractivity contribution in [2.75, 3.05) is 12.4 Å². The molecule has 0 spiro atoms. The molecule has 0 bridgehead atoms. The smallest absolute Gasteiger partial charge is 0.326 e. The lowest BCUT2D eigenvalue weighted by Crippen LogP contribution is -2.31. The van der Waals surface area contributed by atoms with Crippen LogP contribution < -0.4 is 10.1 Å². The molecule has 1 aromatic carbocycles. The first-order valence-electron chi connectivity index (χ1n) is 8.03. The number of ether oxygens (including phenoxy) is 1. The summed E-state index contributed by atoms with van der Waals surface area (Å²) in [5, 5.41) is 12.5. The minimum absolute atomic E-state index is 0.226. The van der Waals surface area contributed by atoms with Gasteiger partial charge in [0.25, 0.3) is 0 Å². The number of hydrogen-bond acceptors (Lipinski definition) is 5. The lowest BCUT2D eigenvalue weighted by Gasteiger charge is -2.17. The largest absolute Gasteiger partial charge is 0.497 e. The van der Waals surface area contributed by atoms with Gasteiger partial charge in [-0.3, -0.25) is 0 Å². The predicted molar refractivity (Wildman–Crippen MR) is 97.3 cm³/mol. The summed E-state index contributed by atoms with van der Waals surface area (Å²) in [6.07, 6.45) is 1.03. The number of aromatic nitrogens is 2. The number of carboxylic acid groups (broad SMARTS) is 1. The Bertz CT molecular complexity index is 720. The van der Waals surface area contributed by atoms with Crippen molar-refractivity contribution in [3.8, 4) is 5.75 Å². The van der Waals surface area contributed by atoms with E-state index in [1.807, 2.05) is 38.1 Å². The van der Waals surface area contributed by atoms with Crippen LogP contribution in [0.4, 0.5) is 5.95 Å². The van der Waals surface area contributed by atoms with E-state index in [1.165, 1.54) is 0 Å². The summed E-state index contributed by atoms with van der Waals surface area (Å²) >= 11 is 6.07. The maximum absolute atomic E-state index is 11.4. The number of anilines is 1. The van der Waals surface area contributed by atoms with Gasteiger partial charge in [-0.05, 0) is 36.1 Å². The average Bonchev–Trinajstić information content (AvgIpc) is 2.54. The molecule has 0 saturated heterocycles. The molecule has 1 atom stereocenters. The summed E-state index contributed by atoms with van der Waals surface area (Å²) in [5.74, 6) is 0.300. The highest BCUT2D eigenvalue weighted by Crippen LogP contribution is 2.18.